The Kier molecular flexibility index (Phi) is 3.81. The molecule has 0 spiro atoms. The molecule has 1 N–H and O–H groups in total. The number of nitrogens with one attached hydrogen (secondary N) is 1. The summed E-state index contributed by atoms with van der Waals surface area (Å²) in [6.45, 7) is 3.14. The average Bonchev–Trinajstić information content (AvgIpc) is 3.02. The van der Waals surface area contributed by atoms with Gasteiger partial charge in [0.05, 0.1) is 6.10 Å². The molecular weight excluding hydrogens is 248 g/mol. The Morgan fingerprint density at radius 2 is 2.10 bits per heavy atom. The van der Waals surface area contributed by atoms with E-state index >= 15 is 0 Å². The molecule has 0 saturated heterocycles. The van der Waals surface area contributed by atoms with Crippen LogP contribution in [-0.2, 0) is 18.3 Å². The number of aryl methyl sites for hydroxylation is 2. The maximum Gasteiger partial charge on any atom is 0.0724 e. The fourth-order valence-electron chi connectivity index (χ4n) is 3.56. The predicted octanol–water partition coefficient (Wildman–Crippen LogP) is 3.14. The van der Waals surface area contributed by atoms with Crippen LogP contribution in [0.5, 0.6) is 0 Å². The first-order chi connectivity index (χ1) is 9.72. The molecule has 108 valence electrons. The second-order valence-corrected chi connectivity index (χ2v) is 5.84. The SMILES string of the molecule is COC1CCCC1NCc1c(C)c2ccccc2n1C. The number of benzene rings is 1. The third-order valence-corrected chi connectivity index (χ3v) is 4.79. The van der Waals surface area contributed by atoms with Crippen molar-refractivity contribution in [1.29, 1.82) is 0 Å². The topological polar surface area (TPSA) is 26.2 Å². The number of rotatable bonds is 4. The first-order valence-corrected chi connectivity index (χ1v) is 7.51. The molecule has 3 heteroatoms. The van der Waals surface area contributed by atoms with Crippen LogP contribution in [0.2, 0.25) is 0 Å². The van der Waals surface area contributed by atoms with Crippen LogP contribution in [0.25, 0.3) is 10.9 Å². The third-order valence-electron chi connectivity index (χ3n) is 4.79. The number of para-hydroxylation sites is 1. The second-order valence-electron chi connectivity index (χ2n) is 5.84. The summed E-state index contributed by atoms with van der Waals surface area (Å²) in [5, 5.41) is 5.06. The first kappa shape index (κ1) is 13.7. The van der Waals surface area contributed by atoms with Gasteiger partial charge in [0.2, 0.25) is 0 Å². The van der Waals surface area contributed by atoms with E-state index in [-0.39, 0.29) is 0 Å². The summed E-state index contributed by atoms with van der Waals surface area (Å²) in [4.78, 5) is 0. The highest BCUT2D eigenvalue weighted by atomic mass is 16.5. The summed E-state index contributed by atoms with van der Waals surface area (Å²) in [5.41, 5.74) is 4.09. The summed E-state index contributed by atoms with van der Waals surface area (Å²) in [6.07, 6.45) is 4.05. The molecule has 0 bridgehead atoms. The maximum absolute atomic E-state index is 5.56. The van der Waals surface area contributed by atoms with Crippen molar-refractivity contribution in [2.24, 2.45) is 7.05 Å². The highest BCUT2D eigenvalue weighted by Gasteiger charge is 2.26. The van der Waals surface area contributed by atoms with E-state index in [4.69, 9.17) is 4.74 Å². The molecule has 2 atom stereocenters. The molecule has 3 nitrogen and oxygen atoms in total. The quantitative estimate of drug-likeness (QED) is 0.925. The van der Waals surface area contributed by atoms with E-state index in [1.165, 1.54) is 41.4 Å². The molecule has 0 radical (unpaired) electrons. The fraction of sp³-hybridized carbons (Fsp3) is 0.529. The van der Waals surface area contributed by atoms with Gasteiger partial charge in [-0.25, -0.2) is 0 Å². The summed E-state index contributed by atoms with van der Waals surface area (Å²) in [5.74, 6) is 0. The molecule has 1 aliphatic carbocycles. The van der Waals surface area contributed by atoms with E-state index in [0.717, 1.165) is 6.54 Å². The smallest absolute Gasteiger partial charge is 0.0724 e. The van der Waals surface area contributed by atoms with Gasteiger partial charge < -0.3 is 14.6 Å². The van der Waals surface area contributed by atoms with Crippen molar-refractivity contribution in [3.8, 4) is 0 Å². The predicted molar refractivity (Wildman–Crippen MR) is 82.9 cm³/mol. The molecule has 1 aromatic carbocycles. The number of nitrogens with zero attached hydrogens (tertiary/aromatic N) is 1. The Morgan fingerprint density at radius 1 is 1.30 bits per heavy atom. The van der Waals surface area contributed by atoms with Crippen molar-refractivity contribution in [2.75, 3.05) is 7.11 Å². The molecule has 0 aliphatic heterocycles. The summed E-state index contributed by atoms with van der Waals surface area (Å²) in [6, 6.07) is 9.13. The summed E-state index contributed by atoms with van der Waals surface area (Å²) in [7, 11) is 3.99. The molecule has 1 fully saturated rings. The Labute approximate surface area is 120 Å². The van der Waals surface area contributed by atoms with E-state index in [9.17, 15) is 0 Å². The Hall–Kier alpha value is -1.32. The van der Waals surface area contributed by atoms with Gasteiger partial charge in [0.25, 0.3) is 0 Å². The standard InChI is InChI=1S/C17H24N2O/c1-12-13-7-4-5-9-15(13)19(2)16(12)11-18-14-8-6-10-17(14)20-3/h4-5,7,9,14,17-18H,6,8,10-11H2,1-3H3. The number of hydrogen-bond acceptors (Lipinski definition) is 2. The number of aromatic nitrogens is 1. The summed E-state index contributed by atoms with van der Waals surface area (Å²) >= 11 is 0. The van der Waals surface area contributed by atoms with Crippen molar-refractivity contribution < 1.29 is 4.74 Å². The molecule has 0 amide bonds. The van der Waals surface area contributed by atoms with Crippen LogP contribution in [0.4, 0.5) is 0 Å². The molecule has 1 aliphatic rings. The fourth-order valence-corrected chi connectivity index (χ4v) is 3.56. The number of ether oxygens (including phenoxy) is 1. The van der Waals surface area contributed by atoms with Gasteiger partial charge in [0.1, 0.15) is 0 Å². The van der Waals surface area contributed by atoms with E-state index in [1.807, 2.05) is 7.11 Å². The van der Waals surface area contributed by atoms with Gasteiger partial charge >= 0.3 is 0 Å². The zero-order valence-electron chi connectivity index (χ0n) is 12.6. The van der Waals surface area contributed by atoms with Crippen LogP contribution in [0, 0.1) is 6.92 Å². The molecular formula is C17H24N2O. The van der Waals surface area contributed by atoms with Crippen LogP contribution < -0.4 is 5.32 Å². The lowest BCUT2D eigenvalue weighted by atomic mass is 10.1. The lowest BCUT2D eigenvalue weighted by Gasteiger charge is -2.20. The number of hydrogen-bond donors (Lipinski definition) is 1. The van der Waals surface area contributed by atoms with E-state index < -0.39 is 0 Å². The average molecular weight is 272 g/mol. The van der Waals surface area contributed by atoms with Gasteiger partial charge in [-0.2, -0.15) is 0 Å². The van der Waals surface area contributed by atoms with Crippen LogP contribution in [-0.4, -0.2) is 23.8 Å². The molecule has 1 aromatic heterocycles. The minimum absolute atomic E-state index is 0.380. The van der Waals surface area contributed by atoms with Crippen molar-refractivity contribution >= 4 is 10.9 Å². The Bertz CT molecular complexity index is 563. The molecule has 1 heterocycles. The lowest BCUT2D eigenvalue weighted by molar-refractivity contribution is 0.0845. The summed E-state index contributed by atoms with van der Waals surface area (Å²) < 4.78 is 7.88. The Morgan fingerprint density at radius 3 is 2.85 bits per heavy atom. The second kappa shape index (κ2) is 5.58. The van der Waals surface area contributed by atoms with Gasteiger partial charge in [-0.15, -0.1) is 0 Å². The maximum atomic E-state index is 5.56. The molecule has 2 aromatic rings. The van der Waals surface area contributed by atoms with E-state index in [1.54, 1.807) is 0 Å². The van der Waals surface area contributed by atoms with Crippen LogP contribution in [0.3, 0.4) is 0 Å². The zero-order valence-corrected chi connectivity index (χ0v) is 12.6. The van der Waals surface area contributed by atoms with Gasteiger partial charge in [-0.3, -0.25) is 0 Å². The highest BCUT2D eigenvalue weighted by molar-refractivity contribution is 5.85. The lowest BCUT2D eigenvalue weighted by Crippen LogP contribution is -2.36. The van der Waals surface area contributed by atoms with Gasteiger partial charge in [-0.1, -0.05) is 18.2 Å². The van der Waals surface area contributed by atoms with Crippen molar-refractivity contribution in [2.45, 2.75) is 44.9 Å². The number of methoxy groups -OCH3 is 1. The van der Waals surface area contributed by atoms with Crippen LogP contribution in [0.1, 0.15) is 30.5 Å². The minimum atomic E-state index is 0.380. The number of fused-ring (bicyclic) bond motifs is 1. The van der Waals surface area contributed by atoms with E-state index in [2.05, 4.69) is 48.1 Å². The van der Waals surface area contributed by atoms with Crippen LogP contribution in [0.15, 0.2) is 24.3 Å². The Balaban J connectivity index is 1.81. The van der Waals surface area contributed by atoms with E-state index in [0.29, 0.717) is 12.1 Å². The third kappa shape index (κ3) is 2.25. The highest BCUT2D eigenvalue weighted by Crippen LogP contribution is 2.26. The zero-order chi connectivity index (χ0) is 14.1. The minimum Gasteiger partial charge on any atom is -0.380 e. The van der Waals surface area contributed by atoms with Crippen LogP contribution >= 0.6 is 0 Å². The van der Waals surface area contributed by atoms with Gasteiger partial charge in [0, 0.05) is 43.3 Å². The van der Waals surface area contributed by atoms with Crippen molar-refractivity contribution in [3.63, 3.8) is 0 Å². The molecule has 1 saturated carbocycles. The van der Waals surface area contributed by atoms with Gasteiger partial charge in [-0.05, 0) is 37.8 Å². The molecule has 2 unspecified atom stereocenters. The molecule has 20 heavy (non-hydrogen) atoms. The monoisotopic (exact) mass is 272 g/mol. The molecule has 3 rings (SSSR count). The van der Waals surface area contributed by atoms with Gasteiger partial charge in [0.15, 0.2) is 0 Å². The normalized spacial score (nSPS) is 22.8. The van der Waals surface area contributed by atoms with Crippen molar-refractivity contribution in [3.05, 3.63) is 35.5 Å². The first-order valence-electron chi connectivity index (χ1n) is 7.51. The largest absolute Gasteiger partial charge is 0.380 e. The van der Waals surface area contributed by atoms with Crippen molar-refractivity contribution in [1.82, 2.24) is 9.88 Å².